The van der Waals surface area contributed by atoms with Crippen LogP contribution < -0.4 is 5.32 Å². The van der Waals surface area contributed by atoms with Crippen LogP contribution in [0, 0.1) is 0 Å². The largest absolute Gasteiger partial charge is 0.387 e. The third-order valence-electron chi connectivity index (χ3n) is 2.93. The first-order valence-electron chi connectivity index (χ1n) is 6.59. The van der Waals surface area contributed by atoms with Gasteiger partial charge in [0.1, 0.15) is 0 Å². The summed E-state index contributed by atoms with van der Waals surface area (Å²) >= 11 is 0. The lowest BCUT2D eigenvalue weighted by Crippen LogP contribution is -2.47. The molecule has 0 fully saturated rings. The number of nitrogens with zero attached hydrogens (tertiary/aromatic N) is 1. The fourth-order valence-electron chi connectivity index (χ4n) is 2.15. The van der Waals surface area contributed by atoms with E-state index in [9.17, 15) is 9.90 Å². The van der Waals surface area contributed by atoms with Crippen LogP contribution in [-0.4, -0.2) is 48.7 Å². The highest BCUT2D eigenvalue weighted by Gasteiger charge is 2.22. The number of rotatable bonds is 6. The van der Waals surface area contributed by atoms with Gasteiger partial charge in [0.2, 0.25) is 0 Å². The molecule has 0 bridgehead atoms. The van der Waals surface area contributed by atoms with Gasteiger partial charge in [0.05, 0.1) is 5.60 Å². The summed E-state index contributed by atoms with van der Waals surface area (Å²) in [4.78, 5) is 14.0. The smallest absolute Gasteiger partial charge is 0.251 e. The van der Waals surface area contributed by atoms with Gasteiger partial charge >= 0.3 is 0 Å². The molecule has 0 aliphatic carbocycles. The Morgan fingerprint density at radius 1 is 1.37 bits per heavy atom. The molecule has 1 aromatic rings. The fraction of sp³-hybridized carbons (Fsp3) is 0.533. The lowest BCUT2D eigenvalue weighted by molar-refractivity contribution is 0.0326. The molecule has 0 saturated carbocycles. The Hall–Kier alpha value is -1.39. The third-order valence-corrected chi connectivity index (χ3v) is 2.93. The van der Waals surface area contributed by atoms with Crippen molar-refractivity contribution in [3.63, 3.8) is 0 Å². The Labute approximate surface area is 115 Å². The highest BCUT2D eigenvalue weighted by molar-refractivity contribution is 5.95. The van der Waals surface area contributed by atoms with E-state index in [4.69, 9.17) is 0 Å². The van der Waals surface area contributed by atoms with Crippen molar-refractivity contribution >= 4 is 5.91 Å². The van der Waals surface area contributed by atoms with Crippen LogP contribution in [-0.2, 0) is 6.42 Å². The molecule has 0 radical (unpaired) electrons. The van der Waals surface area contributed by atoms with Gasteiger partial charge in [-0.1, -0.05) is 25.1 Å². The molecular formula is C15H24N2O2. The number of nitrogens with one attached hydrogen (secondary N) is 1. The second-order valence-electron chi connectivity index (χ2n) is 5.43. The van der Waals surface area contributed by atoms with Crippen molar-refractivity contribution in [1.82, 2.24) is 10.2 Å². The molecule has 4 nitrogen and oxygen atoms in total. The van der Waals surface area contributed by atoms with E-state index >= 15 is 0 Å². The van der Waals surface area contributed by atoms with Crippen LogP contribution in [0.2, 0.25) is 0 Å². The quantitative estimate of drug-likeness (QED) is 0.814. The van der Waals surface area contributed by atoms with Crippen molar-refractivity contribution < 1.29 is 9.90 Å². The van der Waals surface area contributed by atoms with Gasteiger partial charge in [-0.05, 0) is 39.1 Å². The lowest BCUT2D eigenvalue weighted by Gasteiger charge is -2.27. The Morgan fingerprint density at radius 3 is 2.58 bits per heavy atom. The fourth-order valence-corrected chi connectivity index (χ4v) is 2.15. The highest BCUT2D eigenvalue weighted by atomic mass is 16.3. The zero-order chi connectivity index (χ0) is 14.5. The number of hydrogen-bond acceptors (Lipinski definition) is 3. The van der Waals surface area contributed by atoms with E-state index in [1.807, 2.05) is 50.2 Å². The van der Waals surface area contributed by atoms with Gasteiger partial charge in [-0.15, -0.1) is 0 Å². The van der Waals surface area contributed by atoms with Crippen molar-refractivity contribution in [3.8, 4) is 0 Å². The van der Waals surface area contributed by atoms with Crippen molar-refractivity contribution in [1.29, 1.82) is 0 Å². The summed E-state index contributed by atoms with van der Waals surface area (Å²) in [7, 11) is 3.78. The molecule has 0 spiro atoms. The maximum Gasteiger partial charge on any atom is 0.251 e. The summed E-state index contributed by atoms with van der Waals surface area (Å²) in [5.74, 6) is -0.128. The van der Waals surface area contributed by atoms with Crippen LogP contribution in [0.25, 0.3) is 0 Å². The van der Waals surface area contributed by atoms with Gasteiger partial charge < -0.3 is 15.3 Å². The van der Waals surface area contributed by atoms with Gasteiger partial charge in [0, 0.05) is 18.7 Å². The number of amides is 1. The standard InChI is InChI=1S/C15H24N2O2/c1-5-12-8-6-7-9-13(12)14(18)16-10-15(2,19)11-17(3)4/h6-9,19H,5,10-11H2,1-4H3,(H,16,18). The molecule has 1 atom stereocenters. The molecule has 0 aliphatic heterocycles. The lowest BCUT2D eigenvalue weighted by atomic mass is 10.0. The number of benzene rings is 1. The number of likely N-dealkylation sites (N-methyl/N-ethyl adjacent to an activating group) is 1. The summed E-state index contributed by atoms with van der Waals surface area (Å²) in [6.45, 7) is 4.48. The molecule has 1 aromatic carbocycles. The first kappa shape index (κ1) is 15.7. The average Bonchev–Trinajstić information content (AvgIpc) is 2.34. The summed E-state index contributed by atoms with van der Waals surface area (Å²) in [5.41, 5.74) is 0.776. The third kappa shape index (κ3) is 5.01. The zero-order valence-corrected chi connectivity index (χ0v) is 12.2. The Morgan fingerprint density at radius 2 is 2.00 bits per heavy atom. The van der Waals surface area contributed by atoms with Crippen LogP contribution in [0.5, 0.6) is 0 Å². The van der Waals surface area contributed by atoms with Crippen molar-refractivity contribution in [2.24, 2.45) is 0 Å². The van der Waals surface area contributed by atoms with Crippen LogP contribution in [0.15, 0.2) is 24.3 Å². The molecule has 0 aliphatic rings. The second kappa shape index (κ2) is 6.68. The van der Waals surface area contributed by atoms with E-state index in [2.05, 4.69) is 5.32 Å². The van der Waals surface area contributed by atoms with E-state index in [1.165, 1.54) is 0 Å². The first-order valence-corrected chi connectivity index (χ1v) is 6.59. The number of aliphatic hydroxyl groups is 1. The minimum atomic E-state index is -0.930. The maximum atomic E-state index is 12.1. The topological polar surface area (TPSA) is 52.6 Å². The van der Waals surface area contributed by atoms with Crippen LogP contribution in [0.4, 0.5) is 0 Å². The Bertz CT molecular complexity index is 428. The summed E-state index contributed by atoms with van der Waals surface area (Å²) in [5, 5.41) is 13.0. The van der Waals surface area contributed by atoms with Gasteiger partial charge in [-0.2, -0.15) is 0 Å². The molecular weight excluding hydrogens is 240 g/mol. The molecule has 1 amide bonds. The zero-order valence-electron chi connectivity index (χ0n) is 12.2. The SMILES string of the molecule is CCc1ccccc1C(=O)NCC(C)(O)CN(C)C. The normalized spacial score (nSPS) is 14.2. The Kier molecular flexibility index (Phi) is 5.51. The van der Waals surface area contributed by atoms with E-state index < -0.39 is 5.60 Å². The van der Waals surface area contributed by atoms with Gasteiger partial charge in [-0.3, -0.25) is 4.79 Å². The van der Waals surface area contributed by atoms with Gasteiger partial charge in [0.15, 0.2) is 0 Å². The van der Waals surface area contributed by atoms with Gasteiger partial charge in [-0.25, -0.2) is 0 Å². The van der Waals surface area contributed by atoms with E-state index in [0.29, 0.717) is 12.1 Å². The minimum Gasteiger partial charge on any atom is -0.387 e. The number of carbonyl (C=O) groups is 1. The van der Waals surface area contributed by atoms with Crippen LogP contribution in [0.3, 0.4) is 0 Å². The average molecular weight is 264 g/mol. The van der Waals surface area contributed by atoms with Gasteiger partial charge in [0.25, 0.3) is 5.91 Å². The molecule has 1 rings (SSSR count). The molecule has 4 heteroatoms. The maximum absolute atomic E-state index is 12.1. The molecule has 19 heavy (non-hydrogen) atoms. The molecule has 106 valence electrons. The molecule has 0 saturated heterocycles. The molecule has 2 N–H and O–H groups in total. The van der Waals surface area contributed by atoms with E-state index in [0.717, 1.165) is 12.0 Å². The minimum absolute atomic E-state index is 0.128. The summed E-state index contributed by atoms with van der Waals surface area (Å²) in [6, 6.07) is 7.55. The predicted molar refractivity (Wildman–Crippen MR) is 77.3 cm³/mol. The highest BCUT2D eigenvalue weighted by Crippen LogP contribution is 2.10. The monoisotopic (exact) mass is 264 g/mol. The summed E-state index contributed by atoms with van der Waals surface area (Å²) in [6.07, 6.45) is 0.817. The van der Waals surface area contributed by atoms with E-state index in [-0.39, 0.29) is 12.5 Å². The van der Waals surface area contributed by atoms with Crippen molar-refractivity contribution in [2.45, 2.75) is 25.9 Å². The number of carbonyl (C=O) groups excluding carboxylic acids is 1. The summed E-state index contributed by atoms with van der Waals surface area (Å²) < 4.78 is 0. The van der Waals surface area contributed by atoms with Crippen molar-refractivity contribution in [3.05, 3.63) is 35.4 Å². The molecule has 0 heterocycles. The van der Waals surface area contributed by atoms with Crippen molar-refractivity contribution in [2.75, 3.05) is 27.2 Å². The Balaban J connectivity index is 2.65. The predicted octanol–water partition coefficient (Wildman–Crippen LogP) is 1.29. The molecule has 1 unspecified atom stereocenters. The second-order valence-corrected chi connectivity index (χ2v) is 5.43. The number of aryl methyl sites for hydroxylation is 1. The number of hydrogen-bond donors (Lipinski definition) is 2. The van der Waals surface area contributed by atoms with Crippen LogP contribution in [0.1, 0.15) is 29.8 Å². The van der Waals surface area contributed by atoms with Crippen LogP contribution >= 0.6 is 0 Å². The first-order chi connectivity index (χ1) is 8.85. The van der Waals surface area contributed by atoms with E-state index in [1.54, 1.807) is 6.92 Å². The molecule has 0 aromatic heterocycles.